The Kier molecular flexibility index (Phi) is 3.47. The van der Waals surface area contributed by atoms with E-state index in [2.05, 4.69) is 45.5 Å². The van der Waals surface area contributed by atoms with Crippen molar-refractivity contribution in [2.75, 3.05) is 0 Å². The fourth-order valence-electron chi connectivity index (χ4n) is 4.06. The molecule has 4 atom stereocenters. The summed E-state index contributed by atoms with van der Waals surface area (Å²) in [6.45, 7) is 13.2. The van der Waals surface area contributed by atoms with E-state index in [0.29, 0.717) is 0 Å². The molecule has 1 nitrogen and oxygen atoms in total. The first-order valence-electron chi connectivity index (χ1n) is 7.13. The lowest BCUT2D eigenvalue weighted by atomic mass is 9.57. The van der Waals surface area contributed by atoms with Gasteiger partial charge in [-0.05, 0) is 69.9 Å². The van der Waals surface area contributed by atoms with E-state index in [1.54, 1.807) is 5.57 Å². The van der Waals surface area contributed by atoms with Crippen LogP contribution < -0.4 is 0 Å². The molecule has 0 amide bonds. The lowest BCUT2D eigenvalue weighted by Crippen LogP contribution is -2.47. The molecule has 0 aromatic heterocycles. The smallest absolute Gasteiger partial charge is 0.0606 e. The van der Waals surface area contributed by atoms with Crippen molar-refractivity contribution in [1.29, 1.82) is 0 Å². The SMILES string of the molecule is C=NC1(C)CCC(C(C)C)C2C=C(C)CCC21. The van der Waals surface area contributed by atoms with Crippen molar-refractivity contribution >= 4 is 6.72 Å². The molecule has 1 heteroatoms. The molecule has 0 spiro atoms. The van der Waals surface area contributed by atoms with E-state index in [-0.39, 0.29) is 5.54 Å². The molecule has 0 heterocycles. The minimum absolute atomic E-state index is 0.132. The third-order valence-corrected chi connectivity index (χ3v) is 5.29. The third-order valence-electron chi connectivity index (χ3n) is 5.29. The maximum atomic E-state index is 4.50. The summed E-state index contributed by atoms with van der Waals surface area (Å²) in [6, 6.07) is 0. The van der Waals surface area contributed by atoms with E-state index >= 15 is 0 Å². The van der Waals surface area contributed by atoms with Crippen LogP contribution in [-0.4, -0.2) is 12.3 Å². The van der Waals surface area contributed by atoms with E-state index in [9.17, 15) is 0 Å². The summed E-state index contributed by atoms with van der Waals surface area (Å²) >= 11 is 0. The second-order valence-electron chi connectivity index (χ2n) is 6.70. The standard InChI is InChI=1S/C16H27N/c1-11(2)13-8-9-16(4,17-5)15-7-6-12(3)10-14(13)15/h10-11,13-15H,5-9H2,1-4H3. The van der Waals surface area contributed by atoms with Crippen molar-refractivity contribution in [3.8, 4) is 0 Å². The van der Waals surface area contributed by atoms with Crippen molar-refractivity contribution in [2.45, 2.75) is 58.9 Å². The van der Waals surface area contributed by atoms with Gasteiger partial charge in [0.05, 0.1) is 5.54 Å². The van der Waals surface area contributed by atoms with E-state index in [1.165, 1.54) is 25.7 Å². The fourth-order valence-corrected chi connectivity index (χ4v) is 4.06. The van der Waals surface area contributed by atoms with Crippen molar-refractivity contribution < 1.29 is 0 Å². The van der Waals surface area contributed by atoms with E-state index < -0.39 is 0 Å². The van der Waals surface area contributed by atoms with Crippen LogP contribution in [0.3, 0.4) is 0 Å². The molecule has 1 fully saturated rings. The highest BCUT2D eigenvalue weighted by Gasteiger charge is 2.46. The zero-order valence-electron chi connectivity index (χ0n) is 11.9. The van der Waals surface area contributed by atoms with Gasteiger partial charge in [0.2, 0.25) is 0 Å². The van der Waals surface area contributed by atoms with Crippen LogP contribution in [-0.2, 0) is 0 Å². The molecule has 2 aliphatic rings. The van der Waals surface area contributed by atoms with Crippen LogP contribution in [0.5, 0.6) is 0 Å². The van der Waals surface area contributed by atoms with Crippen molar-refractivity contribution in [2.24, 2.45) is 28.7 Å². The Bertz CT molecular complexity index is 328. The summed E-state index contributed by atoms with van der Waals surface area (Å²) in [5, 5.41) is 0. The highest BCUT2D eigenvalue weighted by atomic mass is 14.9. The first-order chi connectivity index (χ1) is 7.98. The summed E-state index contributed by atoms with van der Waals surface area (Å²) in [6.07, 6.45) is 7.68. The maximum absolute atomic E-state index is 4.50. The molecule has 0 radical (unpaired) electrons. The van der Waals surface area contributed by atoms with E-state index in [1.807, 2.05) is 0 Å². The average molecular weight is 233 g/mol. The Labute approximate surface area is 106 Å². The molecule has 2 aliphatic carbocycles. The monoisotopic (exact) mass is 233 g/mol. The van der Waals surface area contributed by atoms with Gasteiger partial charge in [-0.15, -0.1) is 0 Å². The van der Waals surface area contributed by atoms with Crippen LogP contribution in [0.15, 0.2) is 16.6 Å². The summed E-state index contributed by atoms with van der Waals surface area (Å²) in [5.74, 6) is 3.11. The number of hydrogen-bond acceptors (Lipinski definition) is 1. The van der Waals surface area contributed by atoms with Crippen molar-refractivity contribution in [3.63, 3.8) is 0 Å². The summed E-state index contributed by atoms with van der Waals surface area (Å²) < 4.78 is 0. The van der Waals surface area contributed by atoms with Gasteiger partial charge >= 0.3 is 0 Å². The van der Waals surface area contributed by atoms with Crippen LogP contribution >= 0.6 is 0 Å². The first kappa shape index (κ1) is 12.9. The highest BCUT2D eigenvalue weighted by Crippen LogP contribution is 2.51. The van der Waals surface area contributed by atoms with Crippen LogP contribution in [0.25, 0.3) is 0 Å². The van der Waals surface area contributed by atoms with Crippen LogP contribution in [0, 0.1) is 23.7 Å². The largest absolute Gasteiger partial charge is 0.294 e. The lowest BCUT2D eigenvalue weighted by molar-refractivity contribution is 0.0685. The van der Waals surface area contributed by atoms with E-state index in [0.717, 1.165) is 23.7 Å². The second kappa shape index (κ2) is 4.59. The number of hydrogen-bond donors (Lipinski definition) is 0. The zero-order valence-corrected chi connectivity index (χ0v) is 11.9. The van der Waals surface area contributed by atoms with Crippen LogP contribution in [0.2, 0.25) is 0 Å². The first-order valence-corrected chi connectivity index (χ1v) is 7.13. The summed E-state index contributed by atoms with van der Waals surface area (Å²) in [5.41, 5.74) is 1.72. The predicted octanol–water partition coefficient (Wildman–Crippen LogP) is 4.48. The van der Waals surface area contributed by atoms with Gasteiger partial charge in [0.15, 0.2) is 0 Å². The number of allylic oxidation sites excluding steroid dienone is 2. The number of rotatable bonds is 2. The maximum Gasteiger partial charge on any atom is 0.0606 e. The molecular weight excluding hydrogens is 206 g/mol. The Morgan fingerprint density at radius 3 is 2.71 bits per heavy atom. The van der Waals surface area contributed by atoms with Gasteiger partial charge in [-0.25, -0.2) is 0 Å². The molecule has 1 saturated carbocycles. The van der Waals surface area contributed by atoms with Gasteiger partial charge in [0.25, 0.3) is 0 Å². The third kappa shape index (κ3) is 2.21. The number of nitrogens with zero attached hydrogens (tertiary/aromatic N) is 1. The molecular formula is C16H27N. The Hall–Kier alpha value is -0.590. The zero-order chi connectivity index (χ0) is 12.6. The van der Waals surface area contributed by atoms with Gasteiger partial charge < -0.3 is 0 Å². The minimum Gasteiger partial charge on any atom is -0.294 e. The van der Waals surface area contributed by atoms with Gasteiger partial charge in [-0.3, -0.25) is 4.99 Å². The Morgan fingerprint density at radius 2 is 2.12 bits per heavy atom. The number of fused-ring (bicyclic) bond motifs is 1. The second-order valence-corrected chi connectivity index (χ2v) is 6.70. The topological polar surface area (TPSA) is 12.4 Å². The Balaban J connectivity index is 2.32. The molecule has 0 aromatic rings. The van der Waals surface area contributed by atoms with Crippen molar-refractivity contribution in [1.82, 2.24) is 0 Å². The quantitative estimate of drug-likeness (QED) is 0.492. The molecule has 0 aromatic carbocycles. The fraction of sp³-hybridized carbons (Fsp3) is 0.812. The molecule has 0 N–H and O–H groups in total. The van der Waals surface area contributed by atoms with Crippen molar-refractivity contribution in [3.05, 3.63) is 11.6 Å². The average Bonchev–Trinajstić information content (AvgIpc) is 2.28. The minimum atomic E-state index is 0.132. The lowest BCUT2D eigenvalue weighted by Gasteiger charge is -2.50. The van der Waals surface area contributed by atoms with Gasteiger partial charge in [0, 0.05) is 0 Å². The number of aliphatic imine (C=N–C) groups is 1. The predicted molar refractivity (Wildman–Crippen MR) is 75.5 cm³/mol. The molecule has 17 heavy (non-hydrogen) atoms. The van der Waals surface area contributed by atoms with E-state index in [4.69, 9.17) is 0 Å². The van der Waals surface area contributed by atoms with Crippen LogP contribution in [0.4, 0.5) is 0 Å². The van der Waals surface area contributed by atoms with Gasteiger partial charge in [-0.1, -0.05) is 25.5 Å². The molecule has 0 aliphatic heterocycles. The summed E-state index contributed by atoms with van der Waals surface area (Å²) in [7, 11) is 0. The van der Waals surface area contributed by atoms with Gasteiger partial charge in [0.1, 0.15) is 0 Å². The van der Waals surface area contributed by atoms with Crippen LogP contribution in [0.1, 0.15) is 53.4 Å². The molecule has 2 rings (SSSR count). The molecule has 0 bridgehead atoms. The van der Waals surface area contributed by atoms with Gasteiger partial charge in [-0.2, -0.15) is 0 Å². The molecule has 96 valence electrons. The molecule has 4 unspecified atom stereocenters. The molecule has 0 saturated heterocycles. The Morgan fingerprint density at radius 1 is 1.41 bits per heavy atom. The highest BCUT2D eigenvalue weighted by molar-refractivity contribution is 5.28. The summed E-state index contributed by atoms with van der Waals surface area (Å²) in [4.78, 5) is 4.50. The normalized spacial score (nSPS) is 41.9.